The van der Waals surface area contributed by atoms with Crippen LogP contribution in [0.2, 0.25) is 0 Å². The molecule has 5 nitrogen and oxygen atoms in total. The average molecular weight is 359 g/mol. The van der Waals surface area contributed by atoms with Gasteiger partial charge in [-0.3, -0.25) is 4.79 Å². The predicted octanol–water partition coefficient (Wildman–Crippen LogP) is 3.86. The highest BCUT2D eigenvalue weighted by atomic mass is 16.1. The first-order valence-electron chi connectivity index (χ1n) is 10.8. The molecule has 0 atom stereocenters. The minimum Gasteiger partial charge on any atom is -0.334 e. The Morgan fingerprint density at radius 3 is 2.81 bits per heavy atom. The number of aromatic nitrogens is 4. The van der Waals surface area contributed by atoms with Crippen molar-refractivity contribution in [1.29, 1.82) is 0 Å². The van der Waals surface area contributed by atoms with Gasteiger partial charge in [-0.15, -0.1) is 0 Å². The first-order valence-corrected chi connectivity index (χ1v) is 8.27. The van der Waals surface area contributed by atoms with E-state index in [0.717, 1.165) is 16.6 Å². The number of fused-ring (bicyclic) bond motifs is 1. The Kier molecular flexibility index (Phi) is 3.23. The summed E-state index contributed by atoms with van der Waals surface area (Å²) in [6.07, 6.45) is 5.90. The van der Waals surface area contributed by atoms with Gasteiger partial charge in [0.1, 0.15) is 0 Å². The van der Waals surface area contributed by atoms with Crippen molar-refractivity contribution in [1.82, 2.24) is 19.7 Å². The number of imidazole rings is 1. The van der Waals surface area contributed by atoms with E-state index in [9.17, 15) is 4.79 Å². The maximum Gasteiger partial charge on any atom is 0.161 e. The Bertz CT molecular complexity index is 1370. The second-order valence-corrected chi connectivity index (χ2v) is 6.01. The second-order valence-electron chi connectivity index (χ2n) is 6.01. The number of carbonyl (C=O) groups is 1. The lowest BCUT2D eigenvalue weighted by Gasteiger charge is -2.05. The number of ketones is 1. The maximum absolute atomic E-state index is 12.5. The molecule has 0 amide bonds. The fourth-order valence-corrected chi connectivity index (χ4v) is 2.73. The molecule has 4 rings (SSSR count). The summed E-state index contributed by atoms with van der Waals surface area (Å²) in [6.45, 7) is 0. The van der Waals surface area contributed by atoms with E-state index in [0.29, 0.717) is 11.2 Å². The summed E-state index contributed by atoms with van der Waals surface area (Å²) in [5, 5.41) is 9.11. The molecule has 0 spiro atoms. The van der Waals surface area contributed by atoms with Gasteiger partial charge >= 0.3 is 0 Å². The molecule has 5 heteroatoms. The van der Waals surface area contributed by atoms with Crippen molar-refractivity contribution >= 4 is 22.8 Å². The Balaban J connectivity index is 1.58. The van der Waals surface area contributed by atoms with Gasteiger partial charge in [0.05, 0.1) is 42.7 Å². The summed E-state index contributed by atoms with van der Waals surface area (Å²) < 4.78 is 40.8. The standard InChI is InChI=1S/C22H18N4O/c1-26-15-23-14-22(26)17-8-10-21-18(11-17)12-19(24-25-21)13-20(27)9-7-16-5-3-2-4-6-16/h2-12,14-15H,13H2,1H3/b9-7+/i2D,3D,4D,5D,6D. The van der Waals surface area contributed by atoms with Crippen molar-refractivity contribution in [3.05, 3.63) is 84.3 Å². The van der Waals surface area contributed by atoms with Crippen molar-refractivity contribution in [3.8, 4) is 11.3 Å². The zero-order valence-corrected chi connectivity index (χ0v) is 14.5. The maximum atomic E-state index is 12.5. The van der Waals surface area contributed by atoms with Gasteiger partial charge in [-0.2, -0.15) is 10.2 Å². The number of nitrogens with zero attached hydrogens (tertiary/aromatic N) is 4. The lowest BCUT2D eigenvalue weighted by atomic mass is 10.1. The molecular formula is C22H18N4O. The molecule has 27 heavy (non-hydrogen) atoms. The van der Waals surface area contributed by atoms with Crippen molar-refractivity contribution in [3.63, 3.8) is 0 Å². The van der Waals surface area contributed by atoms with Gasteiger partial charge in [0.25, 0.3) is 0 Å². The lowest BCUT2D eigenvalue weighted by Crippen LogP contribution is -2.02. The summed E-state index contributed by atoms with van der Waals surface area (Å²) in [6, 6.07) is 5.47. The SMILES string of the molecule is [2H]c1c([2H])c([2H])c(/C=C/C(=O)Cc2cc3cc(-c4cncn4C)ccc3nn2)c([2H])c1[2H]. The number of benzene rings is 2. The smallest absolute Gasteiger partial charge is 0.161 e. The van der Waals surface area contributed by atoms with Crippen LogP contribution in [0.15, 0.2) is 73.1 Å². The van der Waals surface area contributed by atoms with E-state index in [-0.39, 0.29) is 29.9 Å². The highest BCUT2D eigenvalue weighted by molar-refractivity contribution is 5.95. The lowest BCUT2D eigenvalue weighted by molar-refractivity contribution is -0.114. The molecule has 4 aromatic rings. The Hall–Kier alpha value is -3.60. The van der Waals surface area contributed by atoms with E-state index >= 15 is 0 Å². The number of hydrogen-bond acceptors (Lipinski definition) is 4. The largest absolute Gasteiger partial charge is 0.334 e. The molecule has 0 N–H and O–H groups in total. The van der Waals surface area contributed by atoms with E-state index in [2.05, 4.69) is 15.2 Å². The summed E-state index contributed by atoms with van der Waals surface area (Å²) in [7, 11) is 1.91. The Morgan fingerprint density at radius 1 is 1.19 bits per heavy atom. The molecule has 132 valence electrons. The molecule has 0 bridgehead atoms. The zero-order valence-electron chi connectivity index (χ0n) is 19.5. The predicted molar refractivity (Wildman–Crippen MR) is 106 cm³/mol. The van der Waals surface area contributed by atoms with Gasteiger partial charge in [-0.1, -0.05) is 42.4 Å². The van der Waals surface area contributed by atoms with Gasteiger partial charge in [0.15, 0.2) is 5.78 Å². The van der Waals surface area contributed by atoms with Crippen molar-refractivity contribution in [2.45, 2.75) is 6.42 Å². The van der Waals surface area contributed by atoms with E-state index in [1.54, 1.807) is 18.6 Å². The highest BCUT2D eigenvalue weighted by Crippen LogP contribution is 2.23. The molecule has 0 saturated heterocycles. The number of carbonyl (C=O) groups excluding carboxylic acids is 1. The summed E-state index contributed by atoms with van der Waals surface area (Å²) in [4.78, 5) is 16.6. The molecule has 2 aromatic carbocycles. The molecule has 2 heterocycles. The highest BCUT2D eigenvalue weighted by Gasteiger charge is 2.07. The van der Waals surface area contributed by atoms with Gasteiger partial charge in [0.2, 0.25) is 0 Å². The first kappa shape index (κ1) is 11.9. The van der Waals surface area contributed by atoms with Crippen molar-refractivity contribution < 1.29 is 11.6 Å². The number of hydrogen-bond donors (Lipinski definition) is 0. The molecule has 0 fully saturated rings. The fraction of sp³-hybridized carbons (Fsp3) is 0.0909. The van der Waals surface area contributed by atoms with Crippen LogP contribution in [0.3, 0.4) is 0 Å². The van der Waals surface area contributed by atoms with Crippen molar-refractivity contribution in [2.24, 2.45) is 7.05 Å². The van der Waals surface area contributed by atoms with Crippen LogP contribution in [0, 0.1) is 0 Å². The average Bonchev–Trinajstić information content (AvgIpc) is 3.21. The topological polar surface area (TPSA) is 60.7 Å². The molecular weight excluding hydrogens is 336 g/mol. The third kappa shape index (κ3) is 3.82. The van der Waals surface area contributed by atoms with Crippen LogP contribution in [-0.4, -0.2) is 25.5 Å². The van der Waals surface area contributed by atoms with Crippen LogP contribution in [0.4, 0.5) is 0 Å². The molecule has 2 aromatic heterocycles. The van der Waals surface area contributed by atoms with E-state index in [1.807, 2.05) is 29.8 Å². The van der Waals surface area contributed by atoms with Gasteiger partial charge in [-0.25, -0.2) is 4.98 Å². The van der Waals surface area contributed by atoms with Crippen LogP contribution in [0.25, 0.3) is 28.2 Å². The first-order chi connectivity index (χ1) is 15.3. The van der Waals surface area contributed by atoms with E-state index in [4.69, 9.17) is 6.85 Å². The van der Waals surface area contributed by atoms with Crippen LogP contribution in [-0.2, 0) is 18.3 Å². The summed E-state index contributed by atoms with van der Waals surface area (Å²) >= 11 is 0. The quantitative estimate of drug-likeness (QED) is 0.508. The van der Waals surface area contributed by atoms with Gasteiger partial charge in [-0.05, 0) is 29.8 Å². The molecule has 0 aliphatic heterocycles. The van der Waals surface area contributed by atoms with Gasteiger partial charge < -0.3 is 4.57 Å². The zero-order chi connectivity index (χ0) is 23.0. The summed E-state index contributed by atoms with van der Waals surface area (Å²) in [5.74, 6) is -0.326. The minimum absolute atomic E-state index is 0.0326. The fourth-order valence-electron chi connectivity index (χ4n) is 2.73. The molecule has 0 radical (unpaired) electrons. The van der Waals surface area contributed by atoms with Crippen LogP contribution in [0.1, 0.15) is 18.1 Å². The molecule has 0 aliphatic carbocycles. The van der Waals surface area contributed by atoms with Crippen LogP contribution < -0.4 is 0 Å². The number of rotatable bonds is 5. The minimum atomic E-state index is -0.472. The number of allylic oxidation sites excluding steroid dienone is 1. The monoisotopic (exact) mass is 359 g/mol. The Labute approximate surface area is 164 Å². The number of aryl methyl sites for hydroxylation is 1. The van der Waals surface area contributed by atoms with Crippen LogP contribution >= 0.6 is 0 Å². The van der Waals surface area contributed by atoms with E-state index < -0.39 is 18.1 Å². The molecule has 0 aliphatic rings. The third-order valence-corrected chi connectivity index (χ3v) is 4.06. The second kappa shape index (κ2) is 7.33. The summed E-state index contributed by atoms with van der Waals surface area (Å²) in [5.41, 5.74) is 3.04. The normalized spacial score (nSPS) is 13.9. The molecule has 0 saturated carbocycles. The Morgan fingerprint density at radius 2 is 2.04 bits per heavy atom. The van der Waals surface area contributed by atoms with Gasteiger partial charge in [0, 0.05) is 18.0 Å². The van der Waals surface area contributed by atoms with Crippen LogP contribution in [0.5, 0.6) is 0 Å². The molecule has 0 unspecified atom stereocenters. The van der Waals surface area contributed by atoms with Crippen molar-refractivity contribution in [2.75, 3.05) is 0 Å². The third-order valence-electron chi connectivity index (χ3n) is 4.06. The van der Waals surface area contributed by atoms with E-state index in [1.165, 1.54) is 12.2 Å².